The van der Waals surface area contributed by atoms with Gasteiger partial charge < -0.3 is 0 Å². The third-order valence-electron chi connectivity index (χ3n) is 6.52. The van der Waals surface area contributed by atoms with Gasteiger partial charge in [0.2, 0.25) is 0 Å². The van der Waals surface area contributed by atoms with Gasteiger partial charge >= 0.3 is 0 Å². The highest BCUT2D eigenvalue weighted by Gasteiger charge is 2.56. The zero-order valence-electron chi connectivity index (χ0n) is 13.5. The van der Waals surface area contributed by atoms with Crippen molar-refractivity contribution >= 4 is 0 Å². The summed E-state index contributed by atoms with van der Waals surface area (Å²) < 4.78 is 0. The molecule has 3 aromatic carbocycles. The van der Waals surface area contributed by atoms with E-state index in [-0.39, 0.29) is 5.41 Å². The van der Waals surface area contributed by atoms with E-state index in [9.17, 15) is 0 Å². The van der Waals surface area contributed by atoms with E-state index < -0.39 is 0 Å². The lowest BCUT2D eigenvalue weighted by Crippen LogP contribution is -2.43. The minimum Gasteiger partial charge on any atom is -0.0620 e. The van der Waals surface area contributed by atoms with E-state index in [2.05, 4.69) is 62.4 Å². The second kappa shape index (κ2) is 3.59. The molecule has 6 rings (SSSR count). The van der Waals surface area contributed by atoms with E-state index in [1.165, 1.54) is 34.2 Å². The van der Waals surface area contributed by atoms with Crippen LogP contribution < -0.4 is 0 Å². The molecule has 0 bridgehead atoms. The molecule has 1 unspecified atom stereocenters. The molecule has 1 spiro atoms. The minimum absolute atomic E-state index is 0.155. The monoisotopic (exact) mass is 294 g/mol. The molecule has 23 heavy (non-hydrogen) atoms. The fraction of sp³-hybridized carbons (Fsp3) is 0.217. The number of benzene rings is 3. The van der Waals surface area contributed by atoms with Crippen molar-refractivity contribution in [2.24, 2.45) is 0 Å². The molecule has 0 amide bonds. The van der Waals surface area contributed by atoms with Gasteiger partial charge in [-0.25, -0.2) is 0 Å². The summed E-state index contributed by atoms with van der Waals surface area (Å²) in [6.07, 6.45) is 2.28. The first-order valence-electron chi connectivity index (χ1n) is 8.56. The van der Waals surface area contributed by atoms with Crippen LogP contribution in [-0.2, 0) is 18.3 Å². The standard InChI is InChI=1S/C23H18/c1-13-7-9-16-17-10-8-14(2)19-12-23(22(17)19)20-6-4-3-5-15(20)11-18(13)21(16)23/h3-10H,11-12H2,1-2H3. The highest BCUT2D eigenvalue weighted by molar-refractivity contribution is 5.91. The van der Waals surface area contributed by atoms with Gasteiger partial charge in [-0.1, -0.05) is 48.5 Å². The van der Waals surface area contributed by atoms with E-state index in [0.29, 0.717) is 0 Å². The number of aryl methyl sites for hydroxylation is 2. The van der Waals surface area contributed by atoms with Gasteiger partial charge in [0.25, 0.3) is 0 Å². The Morgan fingerprint density at radius 2 is 1.39 bits per heavy atom. The molecule has 110 valence electrons. The molecule has 3 aliphatic rings. The van der Waals surface area contributed by atoms with Crippen LogP contribution in [0, 0.1) is 13.8 Å². The molecule has 1 atom stereocenters. The quantitative estimate of drug-likeness (QED) is 0.542. The Kier molecular flexibility index (Phi) is 1.89. The zero-order chi connectivity index (χ0) is 15.3. The molecule has 0 aliphatic heterocycles. The van der Waals surface area contributed by atoms with Gasteiger partial charge in [0, 0.05) is 0 Å². The average Bonchev–Trinajstić information content (AvgIpc) is 2.79. The first-order chi connectivity index (χ1) is 11.2. The van der Waals surface area contributed by atoms with Crippen molar-refractivity contribution < 1.29 is 0 Å². The van der Waals surface area contributed by atoms with Crippen LogP contribution in [0.25, 0.3) is 11.1 Å². The van der Waals surface area contributed by atoms with Crippen LogP contribution >= 0.6 is 0 Å². The van der Waals surface area contributed by atoms with Gasteiger partial charge in [0.15, 0.2) is 0 Å². The molecule has 3 aliphatic carbocycles. The van der Waals surface area contributed by atoms with Gasteiger partial charge in [-0.3, -0.25) is 0 Å². The van der Waals surface area contributed by atoms with Gasteiger partial charge in [-0.05, 0) is 82.3 Å². The van der Waals surface area contributed by atoms with E-state index in [1.54, 1.807) is 27.8 Å². The molecule has 0 saturated heterocycles. The Bertz CT molecular complexity index is 1040. The maximum absolute atomic E-state index is 2.38. The minimum atomic E-state index is 0.155. The van der Waals surface area contributed by atoms with E-state index in [1.807, 2.05) is 0 Å². The van der Waals surface area contributed by atoms with Crippen molar-refractivity contribution in [3.8, 4) is 11.1 Å². The Balaban J connectivity index is 1.85. The smallest absolute Gasteiger partial charge is 0.0512 e. The molecule has 0 aromatic heterocycles. The van der Waals surface area contributed by atoms with Gasteiger partial charge in [0.1, 0.15) is 0 Å². The summed E-state index contributed by atoms with van der Waals surface area (Å²) in [6.45, 7) is 4.55. The Labute approximate surface area is 136 Å². The number of fused-ring (bicyclic) bond motifs is 2. The topological polar surface area (TPSA) is 0 Å². The van der Waals surface area contributed by atoms with Crippen molar-refractivity contribution in [1.82, 2.24) is 0 Å². The van der Waals surface area contributed by atoms with Crippen molar-refractivity contribution in [1.29, 1.82) is 0 Å². The Hall–Kier alpha value is -2.34. The van der Waals surface area contributed by atoms with Crippen LogP contribution in [0.15, 0.2) is 48.5 Å². The van der Waals surface area contributed by atoms with Gasteiger partial charge in [0.05, 0.1) is 5.41 Å². The van der Waals surface area contributed by atoms with Crippen molar-refractivity contribution in [3.63, 3.8) is 0 Å². The molecular formula is C23H18. The summed E-state index contributed by atoms with van der Waals surface area (Å²) in [5.74, 6) is 0. The second-order valence-corrected chi connectivity index (χ2v) is 7.48. The van der Waals surface area contributed by atoms with Crippen LogP contribution in [0.1, 0.15) is 44.5 Å². The molecule has 3 aromatic rings. The zero-order valence-corrected chi connectivity index (χ0v) is 13.5. The third kappa shape index (κ3) is 1.13. The maximum Gasteiger partial charge on any atom is 0.0512 e. The van der Waals surface area contributed by atoms with Crippen molar-refractivity contribution in [2.45, 2.75) is 32.1 Å². The average molecular weight is 294 g/mol. The Morgan fingerprint density at radius 1 is 0.739 bits per heavy atom. The third-order valence-corrected chi connectivity index (χ3v) is 6.52. The summed E-state index contributed by atoms with van der Waals surface area (Å²) in [6, 6.07) is 18.5. The SMILES string of the molecule is Cc1ccc2c3c1Cc1ccccc1C31Cc3c(C)ccc-2c31. The van der Waals surface area contributed by atoms with Crippen molar-refractivity contribution in [3.05, 3.63) is 93.0 Å². The van der Waals surface area contributed by atoms with E-state index in [0.717, 1.165) is 6.42 Å². The number of hydrogen-bond acceptors (Lipinski definition) is 0. The predicted octanol–water partition coefficient (Wildman–Crippen LogP) is 5.08. The summed E-state index contributed by atoms with van der Waals surface area (Å²) in [5, 5.41) is 0. The fourth-order valence-corrected chi connectivity index (χ4v) is 5.49. The van der Waals surface area contributed by atoms with Gasteiger partial charge in [-0.2, -0.15) is 0 Å². The summed E-state index contributed by atoms with van der Waals surface area (Å²) >= 11 is 0. The lowest BCUT2D eigenvalue weighted by Gasteiger charge is -2.47. The lowest BCUT2D eigenvalue weighted by atomic mass is 9.54. The second-order valence-electron chi connectivity index (χ2n) is 7.48. The normalized spacial score (nSPS) is 21.3. The lowest BCUT2D eigenvalue weighted by molar-refractivity contribution is 0.531. The van der Waals surface area contributed by atoms with Crippen LogP contribution in [0.3, 0.4) is 0 Å². The predicted molar refractivity (Wildman–Crippen MR) is 94.2 cm³/mol. The molecule has 0 radical (unpaired) electrons. The molecular weight excluding hydrogens is 276 g/mol. The van der Waals surface area contributed by atoms with Crippen molar-refractivity contribution in [2.75, 3.05) is 0 Å². The molecule has 0 heterocycles. The van der Waals surface area contributed by atoms with E-state index in [4.69, 9.17) is 0 Å². The molecule has 0 N–H and O–H groups in total. The number of rotatable bonds is 0. The molecule has 0 fully saturated rings. The molecule has 0 saturated carbocycles. The molecule has 0 heteroatoms. The fourth-order valence-electron chi connectivity index (χ4n) is 5.49. The largest absolute Gasteiger partial charge is 0.0620 e. The highest BCUT2D eigenvalue weighted by Crippen LogP contribution is 2.65. The number of hydrogen-bond donors (Lipinski definition) is 0. The molecule has 0 nitrogen and oxygen atoms in total. The van der Waals surface area contributed by atoms with E-state index >= 15 is 0 Å². The van der Waals surface area contributed by atoms with Crippen LogP contribution in [0.5, 0.6) is 0 Å². The van der Waals surface area contributed by atoms with Gasteiger partial charge in [-0.15, -0.1) is 0 Å². The van der Waals surface area contributed by atoms with Crippen LogP contribution in [0.4, 0.5) is 0 Å². The summed E-state index contributed by atoms with van der Waals surface area (Å²) in [7, 11) is 0. The highest BCUT2D eigenvalue weighted by atomic mass is 14.6. The maximum atomic E-state index is 2.38. The summed E-state index contributed by atoms with van der Waals surface area (Å²) in [4.78, 5) is 0. The summed E-state index contributed by atoms with van der Waals surface area (Å²) in [5.41, 5.74) is 15.6. The van der Waals surface area contributed by atoms with Crippen LogP contribution in [-0.4, -0.2) is 0 Å². The first kappa shape index (κ1) is 12.1. The Morgan fingerprint density at radius 3 is 2.17 bits per heavy atom. The van der Waals surface area contributed by atoms with Crippen LogP contribution in [0.2, 0.25) is 0 Å². The first-order valence-corrected chi connectivity index (χ1v) is 8.56.